The van der Waals surface area contributed by atoms with Gasteiger partial charge >= 0.3 is 0 Å². The Morgan fingerprint density at radius 3 is 2.24 bits per heavy atom. The topological polar surface area (TPSA) is 71.3 Å². The van der Waals surface area contributed by atoms with Gasteiger partial charge in [-0.1, -0.05) is 30.3 Å². The largest absolute Gasteiger partial charge is 0.300 e. The van der Waals surface area contributed by atoms with Crippen LogP contribution < -0.4 is 0 Å². The third kappa shape index (κ3) is 3.51. The van der Waals surface area contributed by atoms with Gasteiger partial charge in [0, 0.05) is 18.1 Å². The van der Waals surface area contributed by atoms with E-state index < -0.39 is 10.0 Å². The highest BCUT2D eigenvalue weighted by molar-refractivity contribution is 7.89. The zero-order chi connectivity index (χ0) is 20.0. The van der Waals surface area contributed by atoms with Gasteiger partial charge < -0.3 is 4.90 Å². The number of benzene rings is 1. The number of likely N-dealkylation sites (tertiary alicyclic amines) is 1. The molecule has 2 aromatic rings. The fourth-order valence-electron chi connectivity index (χ4n) is 5.37. The summed E-state index contributed by atoms with van der Waals surface area (Å²) in [5.74, 6) is 0.815. The Hall–Kier alpha value is -1.77. The molecule has 1 unspecified atom stereocenters. The summed E-state index contributed by atoms with van der Waals surface area (Å²) >= 11 is 0. The number of piperidine rings is 2. The van der Waals surface area contributed by atoms with E-state index in [9.17, 15) is 8.42 Å². The van der Waals surface area contributed by atoms with Gasteiger partial charge in [0.05, 0.1) is 11.9 Å². The zero-order valence-corrected chi connectivity index (χ0v) is 17.7. The predicted molar refractivity (Wildman–Crippen MR) is 110 cm³/mol. The second-order valence-corrected chi connectivity index (χ2v) is 10.7. The van der Waals surface area contributed by atoms with Crippen molar-refractivity contribution in [3.8, 4) is 5.69 Å². The molecule has 3 saturated heterocycles. The van der Waals surface area contributed by atoms with Crippen LogP contribution >= 0.6 is 0 Å². The molecule has 0 amide bonds. The molecule has 156 valence electrons. The molecule has 7 nitrogen and oxygen atoms in total. The van der Waals surface area contributed by atoms with Gasteiger partial charge in [-0.15, -0.1) is 5.10 Å². The van der Waals surface area contributed by atoms with Crippen LogP contribution in [0.2, 0.25) is 0 Å². The lowest BCUT2D eigenvalue weighted by Crippen LogP contribution is -2.53. The molecule has 0 radical (unpaired) electrons. The van der Waals surface area contributed by atoms with Crippen molar-refractivity contribution in [2.45, 2.75) is 68.6 Å². The van der Waals surface area contributed by atoms with Crippen LogP contribution in [0.15, 0.2) is 41.6 Å². The predicted octanol–water partition coefficient (Wildman–Crippen LogP) is 2.68. The van der Waals surface area contributed by atoms with Gasteiger partial charge in [-0.3, -0.25) is 0 Å². The fraction of sp³-hybridized carbons (Fsp3) is 0.619. The first-order valence-electron chi connectivity index (χ1n) is 10.8. The minimum Gasteiger partial charge on any atom is -0.300 e. The lowest BCUT2D eigenvalue weighted by Gasteiger charge is -2.44. The molecule has 1 aromatic heterocycles. The average Bonchev–Trinajstić information content (AvgIpc) is 3.33. The molecule has 5 rings (SSSR count). The number of rotatable bonds is 4. The highest BCUT2D eigenvalue weighted by Crippen LogP contribution is 2.41. The minimum absolute atomic E-state index is 0.0588. The summed E-state index contributed by atoms with van der Waals surface area (Å²) in [6, 6.07) is 10.2. The zero-order valence-electron chi connectivity index (χ0n) is 16.9. The van der Waals surface area contributed by atoms with Crippen LogP contribution in [-0.2, 0) is 10.0 Å². The summed E-state index contributed by atoms with van der Waals surface area (Å²) in [5.41, 5.74) is 0.808. The Morgan fingerprint density at radius 1 is 0.931 bits per heavy atom. The second-order valence-electron chi connectivity index (χ2n) is 8.90. The molecular weight excluding hydrogens is 386 g/mol. The summed E-state index contributed by atoms with van der Waals surface area (Å²) in [6.45, 7) is 4.64. The van der Waals surface area contributed by atoms with Crippen LogP contribution in [0.3, 0.4) is 0 Å². The minimum atomic E-state index is -3.63. The Balaban J connectivity index is 1.34. The molecule has 0 saturated carbocycles. The number of hydrogen-bond donors (Lipinski definition) is 0. The monoisotopic (exact) mass is 415 g/mol. The molecule has 8 heteroatoms. The molecule has 1 aromatic carbocycles. The van der Waals surface area contributed by atoms with Gasteiger partial charge in [-0.05, 0) is 69.7 Å². The van der Waals surface area contributed by atoms with E-state index in [1.54, 1.807) is 10.5 Å². The van der Waals surface area contributed by atoms with Gasteiger partial charge in [0.2, 0.25) is 5.03 Å². The molecule has 3 atom stereocenters. The maximum atomic E-state index is 13.4. The summed E-state index contributed by atoms with van der Waals surface area (Å²) in [5, 5.41) is 8.15. The maximum Gasteiger partial charge on any atom is 0.264 e. The standard InChI is InChI=1S/C21H29N5O2S/c1-16-9-11-24(12-10-16)20-13-18-7-8-19(14-20)26(18)29(27,28)21-15-25(23-22-21)17-5-3-2-4-6-17/h2-6,15-16,18-20H,7-14H2,1H3/t18-,19+,20?. The molecule has 0 N–H and O–H groups in total. The van der Waals surface area contributed by atoms with E-state index in [1.807, 2.05) is 30.3 Å². The molecule has 4 heterocycles. The van der Waals surface area contributed by atoms with E-state index in [0.717, 1.165) is 50.4 Å². The summed E-state index contributed by atoms with van der Waals surface area (Å²) in [7, 11) is -3.63. The Morgan fingerprint density at radius 2 is 1.59 bits per heavy atom. The van der Waals surface area contributed by atoms with Crippen molar-refractivity contribution >= 4 is 10.0 Å². The second kappa shape index (κ2) is 7.49. The van der Waals surface area contributed by atoms with E-state index in [4.69, 9.17) is 0 Å². The Kier molecular flexibility index (Phi) is 4.96. The first-order chi connectivity index (χ1) is 14.0. The number of fused-ring (bicyclic) bond motifs is 2. The van der Waals surface area contributed by atoms with Crippen LogP contribution in [0.25, 0.3) is 5.69 Å². The van der Waals surface area contributed by atoms with Crippen molar-refractivity contribution in [2.24, 2.45) is 5.92 Å². The van der Waals surface area contributed by atoms with E-state index in [2.05, 4.69) is 22.1 Å². The lowest BCUT2D eigenvalue weighted by molar-refractivity contribution is 0.0758. The SMILES string of the molecule is CC1CCN(C2C[C@H]3CC[C@@H](C2)N3S(=O)(=O)c2cn(-c3ccccc3)nn2)CC1. The van der Waals surface area contributed by atoms with Crippen molar-refractivity contribution in [3.05, 3.63) is 36.5 Å². The van der Waals surface area contributed by atoms with Gasteiger partial charge in [-0.2, -0.15) is 4.31 Å². The van der Waals surface area contributed by atoms with E-state index in [1.165, 1.54) is 17.5 Å². The quantitative estimate of drug-likeness (QED) is 0.768. The van der Waals surface area contributed by atoms with Crippen molar-refractivity contribution in [3.63, 3.8) is 0 Å². The normalized spacial score (nSPS) is 29.3. The van der Waals surface area contributed by atoms with Crippen LogP contribution in [0, 0.1) is 5.92 Å². The highest BCUT2D eigenvalue weighted by atomic mass is 32.2. The van der Waals surface area contributed by atoms with Crippen LogP contribution in [-0.4, -0.2) is 63.8 Å². The molecule has 0 spiro atoms. The van der Waals surface area contributed by atoms with Crippen molar-refractivity contribution in [2.75, 3.05) is 13.1 Å². The third-order valence-electron chi connectivity index (χ3n) is 7.01. The van der Waals surface area contributed by atoms with Gasteiger partial charge in [0.1, 0.15) is 0 Å². The van der Waals surface area contributed by atoms with Crippen LogP contribution in [0.5, 0.6) is 0 Å². The summed E-state index contributed by atoms with van der Waals surface area (Å²) in [4.78, 5) is 2.61. The molecular formula is C21H29N5O2S. The van der Waals surface area contributed by atoms with Crippen LogP contribution in [0.4, 0.5) is 0 Å². The maximum absolute atomic E-state index is 13.4. The fourth-order valence-corrected chi connectivity index (χ4v) is 7.13. The van der Waals surface area contributed by atoms with Gasteiger partial charge in [0.15, 0.2) is 0 Å². The molecule has 0 aliphatic carbocycles. The van der Waals surface area contributed by atoms with Crippen molar-refractivity contribution in [1.29, 1.82) is 0 Å². The summed E-state index contributed by atoms with van der Waals surface area (Å²) in [6.07, 6.45) is 7.86. The van der Waals surface area contributed by atoms with Gasteiger partial charge in [0.25, 0.3) is 10.0 Å². The molecule has 2 bridgehead atoms. The molecule has 3 fully saturated rings. The van der Waals surface area contributed by atoms with E-state index in [0.29, 0.717) is 6.04 Å². The Labute approximate surface area is 172 Å². The number of nitrogens with zero attached hydrogens (tertiary/aromatic N) is 5. The lowest BCUT2D eigenvalue weighted by atomic mass is 9.93. The summed E-state index contributed by atoms with van der Waals surface area (Å²) < 4.78 is 30.1. The first kappa shape index (κ1) is 19.2. The number of hydrogen-bond acceptors (Lipinski definition) is 5. The molecule has 29 heavy (non-hydrogen) atoms. The third-order valence-corrected chi connectivity index (χ3v) is 8.88. The highest BCUT2D eigenvalue weighted by Gasteiger charge is 2.49. The van der Waals surface area contributed by atoms with Gasteiger partial charge in [-0.25, -0.2) is 13.1 Å². The van der Waals surface area contributed by atoms with E-state index >= 15 is 0 Å². The number of sulfonamides is 1. The number of aromatic nitrogens is 3. The van der Waals surface area contributed by atoms with Crippen molar-refractivity contribution < 1.29 is 8.42 Å². The van der Waals surface area contributed by atoms with E-state index in [-0.39, 0.29) is 17.1 Å². The number of para-hydroxylation sites is 1. The first-order valence-corrected chi connectivity index (χ1v) is 12.2. The molecule has 3 aliphatic rings. The van der Waals surface area contributed by atoms with Crippen molar-refractivity contribution in [1.82, 2.24) is 24.2 Å². The Bertz CT molecular complexity index is 938. The average molecular weight is 416 g/mol. The van der Waals surface area contributed by atoms with Crippen LogP contribution in [0.1, 0.15) is 45.4 Å². The molecule has 3 aliphatic heterocycles. The smallest absolute Gasteiger partial charge is 0.264 e.